The number of ketones is 1. The van der Waals surface area contributed by atoms with Crippen molar-refractivity contribution in [3.05, 3.63) is 82.0 Å². The molecule has 196 valence electrons. The summed E-state index contributed by atoms with van der Waals surface area (Å²) in [6.45, 7) is 1.57. The minimum absolute atomic E-state index is 0.112. The molecule has 6 rings (SSSR count). The van der Waals surface area contributed by atoms with E-state index in [-0.39, 0.29) is 36.0 Å². The molecule has 0 spiro atoms. The number of para-hydroxylation sites is 1. The van der Waals surface area contributed by atoms with E-state index >= 15 is 0 Å². The number of fused-ring (bicyclic) bond motifs is 2. The molecule has 4 aromatic rings. The lowest BCUT2D eigenvalue weighted by molar-refractivity contribution is -0.122. The number of aromatic nitrogens is 1. The SMILES string of the molecule is Cc1cccc2c(C(=O)OCC(=O)c3cccs3)cc(-c3ccc(N4C(=O)C5CCCCC5C4=O)cc3)nc12. The highest BCUT2D eigenvalue weighted by atomic mass is 32.1. The van der Waals surface area contributed by atoms with Gasteiger partial charge in [0.1, 0.15) is 0 Å². The van der Waals surface area contributed by atoms with Gasteiger partial charge in [0.15, 0.2) is 6.61 Å². The predicted octanol–water partition coefficient (Wildman–Crippen LogP) is 5.99. The van der Waals surface area contributed by atoms with Gasteiger partial charge < -0.3 is 4.74 Å². The van der Waals surface area contributed by atoms with Crippen LogP contribution in [0.5, 0.6) is 0 Å². The van der Waals surface area contributed by atoms with Gasteiger partial charge in [-0.25, -0.2) is 9.78 Å². The number of esters is 1. The minimum atomic E-state index is -0.605. The van der Waals surface area contributed by atoms with E-state index in [0.717, 1.165) is 36.8 Å². The first-order valence-electron chi connectivity index (χ1n) is 13.0. The fraction of sp³-hybridized carbons (Fsp3) is 0.258. The molecule has 1 saturated carbocycles. The quantitative estimate of drug-likeness (QED) is 0.170. The Balaban J connectivity index is 1.30. The summed E-state index contributed by atoms with van der Waals surface area (Å²) in [5, 5.41) is 2.44. The van der Waals surface area contributed by atoms with Crippen molar-refractivity contribution < 1.29 is 23.9 Å². The maximum Gasteiger partial charge on any atom is 0.339 e. The van der Waals surface area contributed by atoms with Crippen LogP contribution in [0, 0.1) is 18.8 Å². The Morgan fingerprint density at radius 1 is 0.974 bits per heavy atom. The van der Waals surface area contributed by atoms with Gasteiger partial charge in [0, 0.05) is 10.9 Å². The van der Waals surface area contributed by atoms with Gasteiger partial charge >= 0.3 is 5.97 Å². The minimum Gasteiger partial charge on any atom is -0.454 e. The lowest BCUT2D eigenvalue weighted by Crippen LogP contribution is -2.30. The number of amides is 2. The summed E-state index contributed by atoms with van der Waals surface area (Å²) < 4.78 is 5.42. The number of imide groups is 1. The van der Waals surface area contributed by atoms with Crippen LogP contribution in [0.15, 0.2) is 66.0 Å². The largest absolute Gasteiger partial charge is 0.454 e. The number of hydrogen-bond acceptors (Lipinski definition) is 7. The normalized spacial score (nSPS) is 18.8. The first kappa shape index (κ1) is 25.1. The highest BCUT2D eigenvalue weighted by Crippen LogP contribution is 2.40. The van der Waals surface area contributed by atoms with Crippen molar-refractivity contribution in [2.75, 3.05) is 11.5 Å². The van der Waals surface area contributed by atoms with E-state index < -0.39 is 5.97 Å². The molecule has 0 bridgehead atoms. The molecule has 2 amide bonds. The van der Waals surface area contributed by atoms with Crippen LogP contribution in [-0.2, 0) is 14.3 Å². The fourth-order valence-electron chi connectivity index (χ4n) is 5.62. The van der Waals surface area contributed by atoms with Crippen molar-refractivity contribution in [3.8, 4) is 11.3 Å². The molecule has 2 fully saturated rings. The van der Waals surface area contributed by atoms with E-state index in [4.69, 9.17) is 9.72 Å². The number of nitrogens with zero attached hydrogens (tertiary/aromatic N) is 2. The number of hydrogen-bond donors (Lipinski definition) is 0. The van der Waals surface area contributed by atoms with Gasteiger partial charge in [0.05, 0.1) is 39.2 Å². The van der Waals surface area contributed by atoms with Crippen LogP contribution in [0.3, 0.4) is 0 Å². The molecule has 39 heavy (non-hydrogen) atoms. The van der Waals surface area contributed by atoms with Crippen LogP contribution in [0.25, 0.3) is 22.2 Å². The number of benzene rings is 2. The molecule has 8 heteroatoms. The molecule has 2 aromatic carbocycles. The molecule has 1 aliphatic heterocycles. The predicted molar refractivity (Wildman–Crippen MR) is 149 cm³/mol. The second-order valence-corrected chi connectivity index (χ2v) is 11.0. The Morgan fingerprint density at radius 3 is 2.36 bits per heavy atom. The van der Waals surface area contributed by atoms with Gasteiger partial charge in [-0.3, -0.25) is 19.3 Å². The molecule has 1 aliphatic carbocycles. The smallest absolute Gasteiger partial charge is 0.339 e. The standard InChI is InChI=1S/C31H26N2O5S/c1-18-6-4-9-21-24(31(37)38-17-26(34)27-10-5-15-39-27)16-25(32-28(18)21)19-11-13-20(14-12-19)33-29(35)22-7-2-3-8-23(22)30(33)36/h4-6,9-16,22-23H,2-3,7-8,17H2,1H3. The summed E-state index contributed by atoms with van der Waals surface area (Å²) in [6, 6.07) is 17.8. The van der Waals surface area contributed by atoms with E-state index in [1.54, 1.807) is 47.8 Å². The fourth-order valence-corrected chi connectivity index (χ4v) is 6.28. The van der Waals surface area contributed by atoms with Crippen LogP contribution < -0.4 is 4.90 Å². The van der Waals surface area contributed by atoms with E-state index in [0.29, 0.717) is 32.7 Å². The van der Waals surface area contributed by atoms with E-state index in [1.165, 1.54) is 16.2 Å². The molecule has 2 unspecified atom stereocenters. The average Bonchev–Trinajstić information content (AvgIpc) is 3.59. The Labute approximate surface area is 229 Å². The third kappa shape index (κ3) is 4.55. The van der Waals surface area contributed by atoms with Crippen LogP contribution in [0.4, 0.5) is 5.69 Å². The van der Waals surface area contributed by atoms with Gasteiger partial charge in [-0.05, 0) is 55.0 Å². The number of Topliss-reactive ketones (excluding diaryl/α,β-unsaturated/α-hetero) is 1. The van der Waals surface area contributed by atoms with Gasteiger partial charge in [-0.1, -0.05) is 49.2 Å². The second-order valence-electron chi connectivity index (χ2n) is 10.1. The van der Waals surface area contributed by atoms with Gasteiger partial charge in [0.25, 0.3) is 0 Å². The van der Waals surface area contributed by atoms with Gasteiger partial charge in [-0.2, -0.15) is 0 Å². The van der Waals surface area contributed by atoms with Crippen LogP contribution in [0.1, 0.15) is 51.3 Å². The summed E-state index contributed by atoms with van der Waals surface area (Å²) in [6.07, 6.45) is 3.49. The maximum absolute atomic E-state index is 13.2. The van der Waals surface area contributed by atoms with Crippen LogP contribution >= 0.6 is 11.3 Å². The summed E-state index contributed by atoms with van der Waals surface area (Å²) in [5.41, 5.74) is 3.69. The van der Waals surface area contributed by atoms with E-state index in [1.807, 2.05) is 25.1 Å². The molecule has 2 aromatic heterocycles. The average molecular weight is 539 g/mol. The lowest BCUT2D eigenvalue weighted by Gasteiger charge is -2.19. The molecular weight excluding hydrogens is 512 g/mol. The molecule has 0 N–H and O–H groups in total. The zero-order chi connectivity index (χ0) is 27.1. The summed E-state index contributed by atoms with van der Waals surface area (Å²) in [7, 11) is 0. The molecule has 7 nitrogen and oxygen atoms in total. The zero-order valence-corrected chi connectivity index (χ0v) is 22.2. The Morgan fingerprint density at radius 2 is 1.69 bits per heavy atom. The van der Waals surface area contributed by atoms with Crippen LogP contribution in [-0.4, -0.2) is 35.2 Å². The molecule has 3 heterocycles. The summed E-state index contributed by atoms with van der Waals surface area (Å²) in [4.78, 5) is 58.3. The number of aryl methyl sites for hydroxylation is 1. The number of anilines is 1. The third-order valence-corrected chi connectivity index (χ3v) is 8.56. The number of rotatable bonds is 6. The Hall–Kier alpha value is -4.17. The lowest BCUT2D eigenvalue weighted by atomic mass is 9.81. The Kier molecular flexibility index (Phi) is 6.56. The number of carbonyl (C=O) groups is 4. The summed E-state index contributed by atoms with van der Waals surface area (Å²) >= 11 is 1.30. The van der Waals surface area contributed by atoms with Crippen molar-refractivity contribution in [2.24, 2.45) is 11.8 Å². The van der Waals surface area contributed by atoms with Crippen LogP contribution in [0.2, 0.25) is 0 Å². The van der Waals surface area contributed by atoms with E-state index in [9.17, 15) is 19.2 Å². The van der Waals surface area contributed by atoms with Crippen molar-refractivity contribution in [1.29, 1.82) is 0 Å². The number of ether oxygens (including phenoxy) is 1. The topological polar surface area (TPSA) is 93.6 Å². The molecule has 2 atom stereocenters. The number of carbonyl (C=O) groups excluding carboxylic acids is 4. The molecule has 1 saturated heterocycles. The first-order chi connectivity index (χ1) is 18.9. The van der Waals surface area contributed by atoms with Crippen molar-refractivity contribution in [2.45, 2.75) is 32.6 Å². The first-order valence-corrected chi connectivity index (χ1v) is 13.9. The monoisotopic (exact) mass is 538 g/mol. The third-order valence-electron chi connectivity index (χ3n) is 7.65. The highest BCUT2D eigenvalue weighted by molar-refractivity contribution is 7.12. The van der Waals surface area contributed by atoms with Crippen molar-refractivity contribution >= 4 is 51.5 Å². The second kappa shape index (κ2) is 10.2. The zero-order valence-electron chi connectivity index (χ0n) is 21.4. The van der Waals surface area contributed by atoms with Gasteiger partial charge in [0.2, 0.25) is 17.6 Å². The summed E-state index contributed by atoms with van der Waals surface area (Å²) in [5.74, 6) is -1.51. The molecular formula is C31H26N2O5S. The number of pyridine rings is 1. The Bertz CT molecular complexity index is 1590. The van der Waals surface area contributed by atoms with E-state index in [2.05, 4.69) is 0 Å². The number of thiophene rings is 1. The molecule has 0 radical (unpaired) electrons. The van der Waals surface area contributed by atoms with Crippen molar-refractivity contribution in [1.82, 2.24) is 4.98 Å². The molecule has 2 aliphatic rings. The highest BCUT2D eigenvalue weighted by Gasteiger charge is 2.48. The van der Waals surface area contributed by atoms with Crippen molar-refractivity contribution in [3.63, 3.8) is 0 Å². The maximum atomic E-state index is 13.2. The van der Waals surface area contributed by atoms with Gasteiger partial charge in [-0.15, -0.1) is 11.3 Å².